The van der Waals surface area contributed by atoms with E-state index in [0.29, 0.717) is 36.6 Å². The second-order valence-corrected chi connectivity index (χ2v) is 6.48. The van der Waals surface area contributed by atoms with Crippen molar-refractivity contribution in [2.75, 3.05) is 25.4 Å². The summed E-state index contributed by atoms with van der Waals surface area (Å²) in [7, 11) is 0. The monoisotopic (exact) mass is 260 g/mol. The van der Waals surface area contributed by atoms with E-state index in [2.05, 4.69) is 5.32 Å². The fraction of sp³-hybridized carbons (Fsp3) is 0.833. The lowest BCUT2D eigenvalue weighted by Gasteiger charge is -2.05. The maximum Gasteiger partial charge on any atom is 0.397 e. The number of carbonyl (C=O) groups is 1. The smallest absolute Gasteiger partial charge is 0.328 e. The van der Waals surface area contributed by atoms with Crippen molar-refractivity contribution in [2.24, 2.45) is 0 Å². The summed E-state index contributed by atoms with van der Waals surface area (Å²) in [4.78, 5) is 26.8. The largest absolute Gasteiger partial charge is 0.397 e. The minimum Gasteiger partial charge on any atom is -0.328 e. The van der Waals surface area contributed by atoms with Gasteiger partial charge in [-0.15, -0.1) is 4.39 Å². The molecule has 90 valence electrons. The highest BCUT2D eigenvalue weighted by Crippen LogP contribution is 2.49. The Labute approximate surface area is 90.9 Å². The highest BCUT2D eigenvalue weighted by atomic mass is 32.7. The summed E-state index contributed by atoms with van der Waals surface area (Å²) < 4.78 is 22.0. The van der Waals surface area contributed by atoms with Crippen LogP contribution in [-0.4, -0.2) is 41.3 Å². The minimum atomic E-state index is -3.97. The van der Waals surface area contributed by atoms with Crippen molar-refractivity contribution < 1.29 is 23.5 Å². The summed E-state index contributed by atoms with van der Waals surface area (Å²) in [5.74, 6) is 0.305. The topological polar surface area (TPSA) is 98.7 Å². The van der Waals surface area contributed by atoms with Crippen molar-refractivity contribution >= 4 is 24.3 Å². The van der Waals surface area contributed by atoms with Gasteiger partial charge in [-0.1, -0.05) is 0 Å². The van der Waals surface area contributed by atoms with Crippen LogP contribution >= 0.6 is 18.2 Å². The van der Waals surface area contributed by atoms with Crippen LogP contribution in [0.5, 0.6) is 0 Å². The van der Waals surface area contributed by atoms with Gasteiger partial charge in [0.25, 0.3) is 0 Å². The summed E-state index contributed by atoms with van der Waals surface area (Å²) in [5.41, 5.74) is 0. The van der Waals surface area contributed by atoms with E-state index in [0.717, 1.165) is 0 Å². The van der Waals surface area contributed by atoms with Gasteiger partial charge in [0, 0.05) is 18.8 Å². The van der Waals surface area contributed by atoms with Gasteiger partial charge in [-0.2, -0.15) is 0 Å². The molecule has 0 atom stereocenters. The molecule has 0 bridgehead atoms. The summed E-state index contributed by atoms with van der Waals surface area (Å²) in [6, 6.07) is 0. The Hall–Kier alpha value is -0.140. The van der Waals surface area contributed by atoms with Crippen molar-refractivity contribution in [3.63, 3.8) is 0 Å². The van der Waals surface area contributed by atoms with Crippen LogP contribution in [0, 0.1) is 0 Å². The maximum absolute atomic E-state index is 11.6. The normalized spacial score (nSPS) is 11.4. The highest BCUT2D eigenvalue weighted by Gasteiger charge is 2.11. The average molecular weight is 260 g/mol. The Morgan fingerprint density at radius 3 is 2.53 bits per heavy atom. The predicted octanol–water partition coefficient (Wildman–Crippen LogP) is 0.471. The Morgan fingerprint density at radius 1 is 1.33 bits per heavy atom. The molecule has 0 spiro atoms. The summed E-state index contributed by atoms with van der Waals surface area (Å²) in [6.45, 7) is -2.71. The first kappa shape index (κ1) is 14.9. The van der Waals surface area contributed by atoms with Crippen LogP contribution in [0.2, 0.25) is 0 Å². The van der Waals surface area contributed by atoms with E-state index in [1.165, 1.54) is 0 Å². The third-order valence-electron chi connectivity index (χ3n) is 1.33. The molecule has 0 unspecified atom stereocenters. The molecule has 1 amide bonds. The molecular formula is C6H14FN2O4PS. The SMILES string of the molecule is O=C(F)NCCCNCCSP(=O)(O)O. The molecule has 4 N–H and O–H groups in total. The van der Waals surface area contributed by atoms with Crippen LogP contribution in [0.3, 0.4) is 0 Å². The van der Waals surface area contributed by atoms with Crippen molar-refractivity contribution in [3.8, 4) is 0 Å². The lowest BCUT2D eigenvalue weighted by molar-refractivity contribution is 0.221. The van der Waals surface area contributed by atoms with Crippen LogP contribution in [-0.2, 0) is 4.57 Å². The number of rotatable bonds is 8. The van der Waals surface area contributed by atoms with Gasteiger partial charge in [0.1, 0.15) is 0 Å². The van der Waals surface area contributed by atoms with Gasteiger partial charge in [0.15, 0.2) is 0 Å². The molecule has 0 heterocycles. The van der Waals surface area contributed by atoms with Gasteiger partial charge in [-0.25, -0.2) is 9.36 Å². The number of nitrogens with one attached hydrogen (secondary N) is 2. The molecule has 0 aliphatic heterocycles. The summed E-state index contributed by atoms with van der Waals surface area (Å²) in [6.07, 6.45) is -0.983. The highest BCUT2D eigenvalue weighted by molar-refractivity contribution is 8.54. The zero-order chi connectivity index (χ0) is 11.7. The fourth-order valence-electron chi connectivity index (χ4n) is 0.762. The second kappa shape index (κ2) is 8.06. The molecule has 0 rings (SSSR count). The average Bonchev–Trinajstić information content (AvgIpc) is 2.07. The van der Waals surface area contributed by atoms with Gasteiger partial charge in [-0.3, -0.25) is 0 Å². The second-order valence-electron chi connectivity index (χ2n) is 2.63. The first-order valence-electron chi connectivity index (χ1n) is 4.26. The molecule has 0 aromatic heterocycles. The number of hydrogen-bond acceptors (Lipinski definition) is 4. The van der Waals surface area contributed by atoms with Crippen LogP contribution in [0.15, 0.2) is 0 Å². The quantitative estimate of drug-likeness (QED) is 0.219. The zero-order valence-electron chi connectivity index (χ0n) is 7.98. The predicted molar refractivity (Wildman–Crippen MR) is 56.5 cm³/mol. The molecule has 0 aromatic carbocycles. The van der Waals surface area contributed by atoms with Crippen LogP contribution in [0.1, 0.15) is 6.42 Å². The fourth-order valence-corrected chi connectivity index (χ4v) is 2.22. The standard InChI is InChI=1S/C6H14FN2O4PS/c7-6(10)9-3-1-2-8-4-5-15-14(11,12)13/h8H,1-5H2,(H,9,10)(H2,11,12,13). The molecule has 0 aliphatic carbocycles. The Morgan fingerprint density at radius 2 is 2.00 bits per heavy atom. The Balaban J connectivity index is 3.12. The van der Waals surface area contributed by atoms with Gasteiger partial charge in [0.05, 0.1) is 0 Å². The number of amides is 1. The number of carbonyl (C=O) groups excluding carboxylic acids is 1. The maximum atomic E-state index is 11.6. The molecule has 0 aromatic rings. The van der Waals surface area contributed by atoms with E-state index in [1.807, 2.05) is 5.32 Å². The molecule has 0 aliphatic rings. The molecule has 9 heteroatoms. The molecule has 0 saturated heterocycles. The van der Waals surface area contributed by atoms with Gasteiger partial charge in [-0.05, 0) is 24.3 Å². The lowest BCUT2D eigenvalue weighted by atomic mass is 10.4. The van der Waals surface area contributed by atoms with Crippen LogP contribution < -0.4 is 10.6 Å². The van der Waals surface area contributed by atoms with E-state index in [1.54, 1.807) is 0 Å². The molecule has 0 saturated carbocycles. The zero-order valence-corrected chi connectivity index (χ0v) is 9.69. The van der Waals surface area contributed by atoms with Crippen molar-refractivity contribution in [1.29, 1.82) is 0 Å². The first-order chi connectivity index (χ1) is 6.92. The van der Waals surface area contributed by atoms with E-state index in [9.17, 15) is 13.8 Å². The third kappa shape index (κ3) is 13.9. The van der Waals surface area contributed by atoms with Gasteiger partial charge < -0.3 is 20.4 Å². The number of halogens is 1. The Bertz CT molecular complexity index is 237. The van der Waals surface area contributed by atoms with Crippen LogP contribution in [0.4, 0.5) is 9.18 Å². The molecule has 0 radical (unpaired) electrons. The molecule has 0 fully saturated rings. The third-order valence-corrected chi connectivity index (χ3v) is 3.61. The van der Waals surface area contributed by atoms with Gasteiger partial charge >= 0.3 is 13.0 Å². The van der Waals surface area contributed by atoms with E-state index >= 15 is 0 Å². The summed E-state index contributed by atoms with van der Waals surface area (Å²) >= 11 is 0.577. The van der Waals surface area contributed by atoms with E-state index in [4.69, 9.17) is 9.79 Å². The lowest BCUT2D eigenvalue weighted by Crippen LogP contribution is -2.24. The molecular weight excluding hydrogens is 246 g/mol. The van der Waals surface area contributed by atoms with Crippen LogP contribution in [0.25, 0.3) is 0 Å². The van der Waals surface area contributed by atoms with E-state index < -0.39 is 13.0 Å². The number of hydrogen-bond donors (Lipinski definition) is 4. The summed E-state index contributed by atoms with van der Waals surface area (Å²) in [5, 5.41) is 4.88. The first-order valence-corrected chi connectivity index (χ1v) is 7.46. The minimum absolute atomic E-state index is 0.244. The van der Waals surface area contributed by atoms with Crippen molar-refractivity contribution in [1.82, 2.24) is 10.6 Å². The van der Waals surface area contributed by atoms with Crippen molar-refractivity contribution in [3.05, 3.63) is 0 Å². The van der Waals surface area contributed by atoms with Crippen molar-refractivity contribution in [2.45, 2.75) is 6.42 Å². The molecule has 6 nitrogen and oxygen atoms in total. The molecule has 15 heavy (non-hydrogen) atoms. The van der Waals surface area contributed by atoms with Gasteiger partial charge in [0.2, 0.25) is 0 Å². The Kier molecular flexibility index (Phi) is 7.99. The van der Waals surface area contributed by atoms with E-state index in [-0.39, 0.29) is 6.54 Å².